The van der Waals surface area contributed by atoms with E-state index >= 15 is 0 Å². The number of carbonyl (C=O) groups excluding carboxylic acids is 2. The van der Waals surface area contributed by atoms with Crippen molar-refractivity contribution in [3.63, 3.8) is 0 Å². The molecule has 6 heteroatoms. The minimum absolute atomic E-state index is 0.0427. The standard InChI is InChI=1S/C18H28N4O2/c1-19(2)12-13-21-11-8-18(17(21)24)7-5-10-22(14-18)16(23)15-6-4-9-20(15)3/h4,6,9H,5,7-8,10-14H2,1-3H3/t18-/m1/s1. The Morgan fingerprint density at radius 1 is 1.29 bits per heavy atom. The van der Waals surface area contributed by atoms with Gasteiger partial charge in [0.15, 0.2) is 0 Å². The van der Waals surface area contributed by atoms with E-state index in [-0.39, 0.29) is 17.2 Å². The molecule has 24 heavy (non-hydrogen) atoms. The van der Waals surface area contributed by atoms with Gasteiger partial charge in [0.1, 0.15) is 5.69 Å². The highest BCUT2D eigenvalue weighted by atomic mass is 16.2. The first kappa shape index (κ1) is 17.0. The molecular weight excluding hydrogens is 304 g/mol. The maximum Gasteiger partial charge on any atom is 0.270 e. The molecule has 3 heterocycles. The second-order valence-electron chi connectivity index (χ2n) is 7.46. The average molecular weight is 332 g/mol. The summed E-state index contributed by atoms with van der Waals surface area (Å²) in [6, 6.07) is 3.74. The molecule has 0 bridgehead atoms. The van der Waals surface area contributed by atoms with Crippen molar-refractivity contribution in [3.05, 3.63) is 24.0 Å². The average Bonchev–Trinajstić information content (AvgIpc) is 3.10. The molecule has 0 N–H and O–H groups in total. The SMILES string of the molecule is CN(C)CCN1CC[C@@]2(CCCN(C(=O)c3cccn3C)C2)C1=O. The Labute approximate surface area is 144 Å². The first-order chi connectivity index (χ1) is 11.4. The first-order valence-corrected chi connectivity index (χ1v) is 8.78. The van der Waals surface area contributed by atoms with E-state index in [0.29, 0.717) is 12.2 Å². The van der Waals surface area contributed by atoms with E-state index in [9.17, 15) is 9.59 Å². The van der Waals surface area contributed by atoms with Gasteiger partial charge in [0, 0.05) is 46.0 Å². The first-order valence-electron chi connectivity index (χ1n) is 8.78. The van der Waals surface area contributed by atoms with Crippen molar-refractivity contribution in [1.29, 1.82) is 0 Å². The third kappa shape index (κ3) is 3.07. The molecule has 0 saturated carbocycles. The van der Waals surface area contributed by atoms with E-state index in [4.69, 9.17) is 0 Å². The van der Waals surface area contributed by atoms with E-state index in [2.05, 4.69) is 4.90 Å². The summed E-state index contributed by atoms with van der Waals surface area (Å²) in [6.07, 6.45) is 4.57. The molecule has 0 unspecified atom stereocenters. The van der Waals surface area contributed by atoms with Gasteiger partial charge in [0.25, 0.3) is 5.91 Å². The summed E-state index contributed by atoms with van der Waals surface area (Å²) >= 11 is 0. The molecule has 2 aliphatic rings. The Kier molecular flexibility index (Phi) is 4.67. The highest BCUT2D eigenvalue weighted by Gasteiger charge is 2.49. The number of likely N-dealkylation sites (tertiary alicyclic amines) is 2. The summed E-state index contributed by atoms with van der Waals surface area (Å²) < 4.78 is 1.85. The second-order valence-corrected chi connectivity index (χ2v) is 7.46. The zero-order valence-electron chi connectivity index (χ0n) is 15.0. The van der Waals surface area contributed by atoms with Crippen LogP contribution >= 0.6 is 0 Å². The molecule has 2 fully saturated rings. The van der Waals surface area contributed by atoms with Crippen LogP contribution in [0.25, 0.3) is 0 Å². The third-order valence-electron chi connectivity index (χ3n) is 5.45. The summed E-state index contributed by atoms with van der Waals surface area (Å²) in [5.74, 6) is 0.287. The van der Waals surface area contributed by atoms with Gasteiger partial charge in [-0.05, 0) is 45.5 Å². The number of hydrogen-bond acceptors (Lipinski definition) is 3. The van der Waals surface area contributed by atoms with Crippen molar-refractivity contribution in [2.45, 2.75) is 19.3 Å². The van der Waals surface area contributed by atoms with E-state index < -0.39 is 0 Å². The van der Waals surface area contributed by atoms with Gasteiger partial charge in [-0.1, -0.05) is 0 Å². The number of aryl methyl sites for hydroxylation is 1. The number of carbonyl (C=O) groups is 2. The van der Waals surface area contributed by atoms with Gasteiger partial charge in [-0.3, -0.25) is 9.59 Å². The largest absolute Gasteiger partial charge is 0.347 e. The lowest BCUT2D eigenvalue weighted by Gasteiger charge is -2.39. The minimum atomic E-state index is -0.356. The lowest BCUT2D eigenvalue weighted by molar-refractivity contribution is -0.138. The van der Waals surface area contributed by atoms with Crippen LogP contribution in [0, 0.1) is 5.41 Å². The fourth-order valence-electron chi connectivity index (χ4n) is 3.96. The highest BCUT2D eigenvalue weighted by molar-refractivity contribution is 5.94. The number of rotatable bonds is 4. The van der Waals surface area contributed by atoms with Gasteiger partial charge < -0.3 is 19.3 Å². The molecule has 2 saturated heterocycles. The fraction of sp³-hybridized carbons (Fsp3) is 0.667. The number of nitrogens with zero attached hydrogens (tertiary/aromatic N) is 4. The maximum absolute atomic E-state index is 13.0. The third-order valence-corrected chi connectivity index (χ3v) is 5.45. The fourth-order valence-corrected chi connectivity index (χ4v) is 3.96. The van der Waals surface area contributed by atoms with E-state index in [1.165, 1.54) is 0 Å². The Morgan fingerprint density at radius 2 is 2.08 bits per heavy atom. The molecule has 2 aliphatic heterocycles. The molecule has 0 radical (unpaired) electrons. The molecule has 6 nitrogen and oxygen atoms in total. The highest BCUT2D eigenvalue weighted by Crippen LogP contribution is 2.40. The van der Waals surface area contributed by atoms with E-state index in [1.54, 1.807) is 0 Å². The smallest absolute Gasteiger partial charge is 0.270 e. The summed E-state index contributed by atoms with van der Waals surface area (Å²) in [6.45, 7) is 3.79. The van der Waals surface area contributed by atoms with Crippen molar-refractivity contribution >= 4 is 11.8 Å². The van der Waals surface area contributed by atoms with Gasteiger partial charge in [0.2, 0.25) is 5.91 Å². The second kappa shape index (κ2) is 6.59. The summed E-state index contributed by atoms with van der Waals surface area (Å²) in [5.41, 5.74) is 0.340. The van der Waals surface area contributed by atoms with Crippen LogP contribution in [0.1, 0.15) is 29.8 Å². The van der Waals surface area contributed by atoms with Gasteiger partial charge in [0.05, 0.1) is 5.41 Å². The molecule has 132 valence electrons. The number of piperidine rings is 1. The van der Waals surface area contributed by atoms with Crippen molar-refractivity contribution in [2.24, 2.45) is 12.5 Å². The lowest BCUT2D eigenvalue weighted by atomic mass is 9.78. The van der Waals surface area contributed by atoms with Crippen molar-refractivity contribution in [2.75, 3.05) is 46.8 Å². The molecule has 1 spiro atoms. The van der Waals surface area contributed by atoms with Crippen LogP contribution < -0.4 is 0 Å². The summed E-state index contributed by atoms with van der Waals surface area (Å²) in [5, 5.41) is 0. The number of likely N-dealkylation sites (N-methyl/N-ethyl adjacent to an activating group) is 1. The molecule has 2 amide bonds. The minimum Gasteiger partial charge on any atom is -0.347 e. The van der Waals surface area contributed by atoms with E-state index in [1.807, 2.05) is 53.8 Å². The summed E-state index contributed by atoms with van der Waals surface area (Å²) in [4.78, 5) is 31.7. The van der Waals surface area contributed by atoms with Crippen LogP contribution in [-0.2, 0) is 11.8 Å². The molecule has 1 atom stereocenters. The predicted octanol–water partition coefficient (Wildman–Crippen LogP) is 1.04. The quantitative estimate of drug-likeness (QED) is 0.828. The maximum atomic E-state index is 13.0. The van der Waals surface area contributed by atoms with Crippen LogP contribution in [0.3, 0.4) is 0 Å². The van der Waals surface area contributed by atoms with Crippen LogP contribution in [0.4, 0.5) is 0 Å². The zero-order valence-corrected chi connectivity index (χ0v) is 15.0. The van der Waals surface area contributed by atoms with Gasteiger partial charge in [-0.25, -0.2) is 0 Å². The van der Waals surface area contributed by atoms with Crippen molar-refractivity contribution < 1.29 is 9.59 Å². The van der Waals surface area contributed by atoms with Crippen molar-refractivity contribution in [3.8, 4) is 0 Å². The monoisotopic (exact) mass is 332 g/mol. The van der Waals surface area contributed by atoms with Crippen LogP contribution in [0.2, 0.25) is 0 Å². The predicted molar refractivity (Wildman–Crippen MR) is 92.7 cm³/mol. The van der Waals surface area contributed by atoms with Crippen LogP contribution in [0.15, 0.2) is 18.3 Å². The van der Waals surface area contributed by atoms with Crippen LogP contribution in [-0.4, -0.2) is 77.9 Å². The van der Waals surface area contributed by atoms with Gasteiger partial charge >= 0.3 is 0 Å². The van der Waals surface area contributed by atoms with E-state index in [0.717, 1.165) is 45.4 Å². The molecule has 0 aromatic carbocycles. The van der Waals surface area contributed by atoms with Crippen molar-refractivity contribution in [1.82, 2.24) is 19.3 Å². The number of aromatic nitrogens is 1. The van der Waals surface area contributed by atoms with Gasteiger partial charge in [-0.2, -0.15) is 0 Å². The zero-order chi connectivity index (χ0) is 17.3. The molecule has 3 rings (SSSR count). The number of amides is 2. The molecular formula is C18H28N4O2. The number of hydrogen-bond donors (Lipinski definition) is 0. The lowest BCUT2D eigenvalue weighted by Crippen LogP contribution is -2.50. The Hall–Kier alpha value is -1.82. The summed E-state index contributed by atoms with van der Waals surface area (Å²) in [7, 11) is 5.94. The normalized spacial score (nSPS) is 24.4. The Morgan fingerprint density at radius 3 is 2.75 bits per heavy atom. The van der Waals surface area contributed by atoms with Crippen LogP contribution in [0.5, 0.6) is 0 Å². The Bertz CT molecular complexity index is 624. The topological polar surface area (TPSA) is 48.8 Å². The molecule has 0 aliphatic carbocycles. The van der Waals surface area contributed by atoms with Gasteiger partial charge in [-0.15, -0.1) is 0 Å². The molecule has 1 aromatic heterocycles. The molecule has 1 aromatic rings. The Balaban J connectivity index is 1.70.